The van der Waals surface area contributed by atoms with Gasteiger partial charge in [0.2, 0.25) is 0 Å². The molecule has 0 radical (unpaired) electrons. The Morgan fingerprint density at radius 3 is 2.62 bits per heavy atom. The number of hydrogen-bond donors (Lipinski definition) is 1. The number of ether oxygens (including phenoxy) is 5. The van der Waals surface area contributed by atoms with Crippen LogP contribution in [0.4, 0.5) is 10.5 Å². The minimum Gasteiger partial charge on any atom is -0.434 e. The average Bonchev–Trinajstić information content (AvgIpc) is 3.26. The third kappa shape index (κ3) is 7.97. The summed E-state index contributed by atoms with van der Waals surface area (Å²) in [7, 11) is 0. The quantitative estimate of drug-likeness (QED) is 0.110. The van der Waals surface area contributed by atoms with E-state index < -0.39 is 34.8 Å². The Labute approximate surface area is 212 Å². The zero-order valence-corrected chi connectivity index (χ0v) is 20.9. The van der Waals surface area contributed by atoms with Gasteiger partial charge in [-0.05, 0) is 45.2 Å². The summed E-state index contributed by atoms with van der Waals surface area (Å²) >= 11 is 0. The summed E-state index contributed by atoms with van der Waals surface area (Å²) < 4.78 is 29.1. The number of nitro benzene ring substituents is 1. The van der Waals surface area contributed by atoms with E-state index in [2.05, 4.69) is 4.98 Å². The lowest BCUT2D eigenvalue weighted by Gasteiger charge is -2.22. The van der Waals surface area contributed by atoms with E-state index in [0.29, 0.717) is 37.9 Å². The summed E-state index contributed by atoms with van der Waals surface area (Å²) in [5.41, 5.74) is -0.642. The van der Waals surface area contributed by atoms with Gasteiger partial charge in [0.05, 0.1) is 23.7 Å². The van der Waals surface area contributed by atoms with Gasteiger partial charge >= 0.3 is 11.8 Å². The van der Waals surface area contributed by atoms with E-state index >= 15 is 0 Å². The van der Waals surface area contributed by atoms with E-state index in [0.717, 1.165) is 0 Å². The molecule has 1 saturated heterocycles. The number of rotatable bonds is 12. The number of non-ortho nitro benzene ring substituents is 1. The number of aromatic amines is 1. The molecule has 1 N–H and O–H groups in total. The van der Waals surface area contributed by atoms with E-state index in [4.69, 9.17) is 23.7 Å². The Hall–Kier alpha value is -3.55. The van der Waals surface area contributed by atoms with Crippen molar-refractivity contribution in [3.05, 3.63) is 67.0 Å². The molecule has 0 amide bonds. The lowest BCUT2D eigenvalue weighted by Crippen LogP contribution is -2.33. The van der Waals surface area contributed by atoms with Gasteiger partial charge in [-0.3, -0.25) is 24.5 Å². The smallest absolute Gasteiger partial charge is 0.434 e. The van der Waals surface area contributed by atoms with Crippen molar-refractivity contribution in [2.75, 3.05) is 13.2 Å². The van der Waals surface area contributed by atoms with Gasteiger partial charge in [-0.2, -0.15) is 0 Å². The van der Waals surface area contributed by atoms with Crippen molar-refractivity contribution in [3.63, 3.8) is 0 Å². The number of nitrogens with zero attached hydrogens (tertiary/aromatic N) is 2. The van der Waals surface area contributed by atoms with Crippen LogP contribution in [-0.4, -0.2) is 52.3 Å². The largest absolute Gasteiger partial charge is 0.513 e. The highest BCUT2D eigenvalue weighted by atomic mass is 16.7. The highest BCUT2D eigenvalue weighted by Gasteiger charge is 2.37. The Morgan fingerprint density at radius 2 is 1.95 bits per heavy atom. The molecular weight excluding hydrogens is 490 g/mol. The van der Waals surface area contributed by atoms with Gasteiger partial charge in [-0.1, -0.05) is 6.92 Å². The normalized spacial score (nSPS) is 19.9. The molecule has 1 aromatic carbocycles. The lowest BCUT2D eigenvalue weighted by atomic mass is 10.1. The van der Waals surface area contributed by atoms with Crippen molar-refractivity contribution < 1.29 is 33.4 Å². The first kappa shape index (κ1) is 28.0. The molecule has 0 spiro atoms. The maximum atomic E-state index is 12.2. The number of aromatic nitrogens is 2. The standard InChI is InChI=1S/C24H31N3O10/c1-4-19-20(13-21(37-19)26-14-15(2)22(28)25-23(26)29)35-16(3)33-11-5-6-12-34-24(30)36-18-9-7-17(8-10-18)27(31)32/h7-10,14,16,19-21H,4-6,11-13H2,1-3H3,(H,25,28,29)/t16?,19-,20-,21-/m1/s1. The van der Waals surface area contributed by atoms with Crippen molar-refractivity contribution in [2.24, 2.45) is 0 Å². The van der Waals surface area contributed by atoms with Crippen molar-refractivity contribution >= 4 is 11.8 Å². The van der Waals surface area contributed by atoms with Crippen LogP contribution < -0.4 is 16.0 Å². The van der Waals surface area contributed by atoms with E-state index in [1.165, 1.54) is 35.0 Å². The first-order chi connectivity index (χ1) is 17.7. The molecule has 3 rings (SSSR count). The maximum Gasteiger partial charge on any atom is 0.513 e. The van der Waals surface area contributed by atoms with Gasteiger partial charge in [-0.15, -0.1) is 0 Å². The minimum atomic E-state index is -0.898. The molecule has 1 aromatic heterocycles. The average molecular weight is 522 g/mol. The van der Waals surface area contributed by atoms with Gasteiger partial charge in [0.1, 0.15) is 12.0 Å². The van der Waals surface area contributed by atoms with Gasteiger partial charge in [0, 0.05) is 36.9 Å². The number of unbranched alkanes of at least 4 members (excludes halogenated alkanes) is 1. The molecule has 2 aromatic rings. The number of hydrogen-bond acceptors (Lipinski definition) is 10. The molecule has 37 heavy (non-hydrogen) atoms. The van der Waals surface area contributed by atoms with Crippen LogP contribution in [0.5, 0.6) is 5.75 Å². The Kier molecular flexibility index (Phi) is 9.94. The second-order valence-corrected chi connectivity index (χ2v) is 8.52. The topological polar surface area (TPSA) is 161 Å². The first-order valence-electron chi connectivity index (χ1n) is 12.0. The fourth-order valence-corrected chi connectivity index (χ4v) is 3.83. The molecule has 202 valence electrons. The van der Waals surface area contributed by atoms with Crippen LogP contribution in [0.3, 0.4) is 0 Å². The van der Waals surface area contributed by atoms with Crippen LogP contribution in [0.2, 0.25) is 0 Å². The van der Waals surface area contributed by atoms with Gasteiger partial charge in [0.25, 0.3) is 11.2 Å². The van der Waals surface area contributed by atoms with Gasteiger partial charge in [-0.25, -0.2) is 9.59 Å². The predicted molar refractivity (Wildman–Crippen MR) is 129 cm³/mol. The molecule has 13 nitrogen and oxygen atoms in total. The molecule has 1 unspecified atom stereocenters. The SMILES string of the molecule is CC[C@H]1O[C@@H](n2cc(C)c(=O)[nH]c2=O)C[C@H]1OC(C)OCCCCOC(=O)Oc1ccc([N+](=O)[O-])cc1. The van der Waals surface area contributed by atoms with E-state index in [-0.39, 0.29) is 30.3 Å². The number of nitro groups is 1. The predicted octanol–water partition coefficient (Wildman–Crippen LogP) is 3.19. The summed E-state index contributed by atoms with van der Waals surface area (Å²) in [4.78, 5) is 48.0. The van der Waals surface area contributed by atoms with Crippen LogP contribution in [0.1, 0.15) is 51.3 Å². The van der Waals surface area contributed by atoms with Gasteiger partial charge < -0.3 is 23.7 Å². The molecule has 1 aliphatic rings. The zero-order chi connectivity index (χ0) is 26.9. The molecular formula is C24H31N3O10. The van der Waals surface area contributed by atoms with Crippen molar-refractivity contribution in [2.45, 2.75) is 71.2 Å². The van der Waals surface area contributed by atoms with Crippen LogP contribution in [0.15, 0.2) is 40.1 Å². The second-order valence-electron chi connectivity index (χ2n) is 8.52. The lowest BCUT2D eigenvalue weighted by molar-refractivity contribution is -0.384. The molecule has 0 bridgehead atoms. The van der Waals surface area contributed by atoms with Crippen LogP contribution in [0, 0.1) is 17.0 Å². The molecule has 1 fully saturated rings. The van der Waals surface area contributed by atoms with Crippen LogP contribution in [0.25, 0.3) is 0 Å². The number of carbonyl (C=O) groups is 1. The molecule has 4 atom stereocenters. The van der Waals surface area contributed by atoms with E-state index in [9.17, 15) is 24.5 Å². The summed E-state index contributed by atoms with van der Waals surface area (Å²) in [6.07, 6.45) is 1.24. The molecule has 0 aliphatic carbocycles. The fraction of sp³-hybridized carbons (Fsp3) is 0.542. The monoisotopic (exact) mass is 521 g/mol. The Morgan fingerprint density at radius 1 is 1.24 bits per heavy atom. The number of carbonyl (C=O) groups excluding carboxylic acids is 1. The molecule has 13 heteroatoms. The summed E-state index contributed by atoms with van der Waals surface area (Å²) in [5, 5.41) is 10.6. The van der Waals surface area contributed by atoms with E-state index in [1.54, 1.807) is 13.8 Å². The number of benzene rings is 1. The maximum absolute atomic E-state index is 12.2. The van der Waals surface area contributed by atoms with E-state index in [1.807, 2.05) is 6.92 Å². The third-order valence-electron chi connectivity index (χ3n) is 5.77. The fourth-order valence-electron chi connectivity index (χ4n) is 3.83. The van der Waals surface area contributed by atoms with Gasteiger partial charge in [0.15, 0.2) is 6.29 Å². The first-order valence-corrected chi connectivity index (χ1v) is 12.0. The Bertz CT molecular complexity index is 1180. The zero-order valence-electron chi connectivity index (χ0n) is 20.9. The summed E-state index contributed by atoms with van der Waals surface area (Å²) in [5.74, 6) is 0.147. The highest BCUT2D eigenvalue weighted by Crippen LogP contribution is 2.32. The van der Waals surface area contributed by atoms with Crippen LogP contribution in [-0.2, 0) is 18.9 Å². The Balaban J connectivity index is 1.34. The number of nitrogens with one attached hydrogen (secondary N) is 1. The highest BCUT2D eigenvalue weighted by molar-refractivity contribution is 5.63. The summed E-state index contributed by atoms with van der Waals surface area (Å²) in [6, 6.07) is 5.09. The summed E-state index contributed by atoms with van der Waals surface area (Å²) in [6.45, 7) is 5.84. The molecule has 1 aliphatic heterocycles. The van der Waals surface area contributed by atoms with Crippen LogP contribution >= 0.6 is 0 Å². The molecule has 0 saturated carbocycles. The minimum absolute atomic E-state index is 0.108. The van der Waals surface area contributed by atoms with Crippen molar-refractivity contribution in [3.8, 4) is 5.75 Å². The van der Waals surface area contributed by atoms with Crippen molar-refractivity contribution in [1.29, 1.82) is 0 Å². The van der Waals surface area contributed by atoms with Crippen molar-refractivity contribution in [1.82, 2.24) is 9.55 Å². The molecule has 2 heterocycles. The second kappa shape index (κ2) is 13.1. The third-order valence-corrected chi connectivity index (χ3v) is 5.77. The number of H-pyrrole nitrogens is 1. The number of aryl methyl sites for hydroxylation is 1.